The van der Waals surface area contributed by atoms with E-state index < -0.39 is 212 Å². The van der Waals surface area contributed by atoms with E-state index in [4.69, 9.17) is 90.5 Å². The van der Waals surface area contributed by atoms with E-state index in [2.05, 4.69) is 53.3 Å². The number of hydrogen-bond donors (Lipinski definition) is 11. The Hall–Kier alpha value is -10.8. The SMILES string of the molecule is CC(=O)N[C@H]1[C@H](OCCCCC(=O)NCCCNC(=O)CCOCC(COCCC(=O)CCCCNC(=O)CCCNO[C@H]2O[C@H](COC(C)=O)[C@H](OC(C)=O)[C@H](OC(C)=O)[C@H]2NC(C)=O)(COCCC(=O)NCCCNC(=O)CCCCO[C@@H]2O[C@H](COC(C)=O)[C@H](OC(C)=O)[C@H](OC(C)=O)[C@H]2NC(C)=O)NC(=O)CCCCCCCCCCC(=O)O)O[C@H](COC(C)=O)[C@H](OC(C)=O)[C@@H]1OC(C)=O. The number of carboxylic acids is 1. The van der Waals surface area contributed by atoms with E-state index in [0.29, 0.717) is 70.6 Å². The molecular formula is C91H148N10O39. The van der Waals surface area contributed by atoms with Crippen molar-refractivity contribution in [3.63, 3.8) is 0 Å². The van der Waals surface area contributed by atoms with Crippen LogP contribution in [0.3, 0.4) is 0 Å². The fourth-order valence-corrected chi connectivity index (χ4v) is 14.8. The number of ether oxygens (including phenoxy) is 17. The number of Topliss-reactive ketones (excluding diaryl/α,β-unsaturated/α-hetero) is 1. The molecule has 140 heavy (non-hydrogen) atoms. The van der Waals surface area contributed by atoms with E-state index in [1.165, 1.54) is 20.8 Å². The number of rotatable bonds is 73. The third-order valence-electron chi connectivity index (χ3n) is 21.0. The van der Waals surface area contributed by atoms with Crippen LogP contribution in [0, 0.1) is 0 Å². The van der Waals surface area contributed by atoms with Gasteiger partial charge in [-0.3, -0.25) is 101 Å². The lowest BCUT2D eigenvalue weighted by Crippen LogP contribution is -2.67. The lowest BCUT2D eigenvalue weighted by molar-refractivity contribution is -0.292. The van der Waals surface area contributed by atoms with Gasteiger partial charge in [-0.25, -0.2) is 0 Å². The zero-order valence-corrected chi connectivity index (χ0v) is 82.5. The van der Waals surface area contributed by atoms with Crippen LogP contribution in [0.5, 0.6) is 0 Å². The van der Waals surface area contributed by atoms with Crippen molar-refractivity contribution in [2.75, 3.05) is 112 Å². The highest BCUT2D eigenvalue weighted by Crippen LogP contribution is 2.32. The fraction of sp³-hybridized carbons (Fsp3) is 0.780. The molecular weight excluding hydrogens is 1860 g/mol. The van der Waals surface area contributed by atoms with E-state index in [1.54, 1.807) is 0 Å². The Kier molecular flexibility index (Phi) is 62.4. The molecule has 3 fully saturated rings. The summed E-state index contributed by atoms with van der Waals surface area (Å²) in [5.74, 6) is -11.6. The topological polar surface area (TPSA) is 648 Å². The van der Waals surface area contributed by atoms with Crippen LogP contribution in [0.15, 0.2) is 0 Å². The Balaban J connectivity index is 1.67. The van der Waals surface area contributed by atoms with Crippen molar-refractivity contribution in [2.24, 2.45) is 0 Å². The summed E-state index contributed by atoms with van der Waals surface area (Å²) in [5.41, 5.74) is 1.21. The Morgan fingerprint density at radius 2 is 0.571 bits per heavy atom. The molecule has 15 atom stereocenters. The molecule has 3 rings (SSSR count). The summed E-state index contributed by atoms with van der Waals surface area (Å²) < 4.78 is 96.6. The van der Waals surface area contributed by atoms with E-state index >= 15 is 0 Å². The zero-order chi connectivity index (χ0) is 104. The van der Waals surface area contributed by atoms with E-state index in [1.807, 2.05) is 0 Å². The summed E-state index contributed by atoms with van der Waals surface area (Å²) >= 11 is 0. The number of carboxylic acid groups (broad SMARTS) is 1. The summed E-state index contributed by atoms with van der Waals surface area (Å²) in [5, 5.41) is 33.9. The van der Waals surface area contributed by atoms with Gasteiger partial charge in [0.05, 0.1) is 39.6 Å². The van der Waals surface area contributed by atoms with Crippen molar-refractivity contribution >= 4 is 119 Å². The molecule has 0 spiro atoms. The second-order valence-electron chi connectivity index (χ2n) is 33.8. The summed E-state index contributed by atoms with van der Waals surface area (Å²) in [6, 6.07) is -3.58. The summed E-state index contributed by atoms with van der Waals surface area (Å²) in [4.78, 5) is 255. The van der Waals surface area contributed by atoms with Crippen LogP contribution in [-0.4, -0.2) is 333 Å². The largest absolute Gasteiger partial charge is 0.481 e. The minimum atomic E-state index is -1.47. The van der Waals surface area contributed by atoms with Crippen molar-refractivity contribution in [3.05, 3.63) is 0 Å². The number of unbranched alkanes of at least 4 members (excludes halogenated alkanes) is 10. The van der Waals surface area contributed by atoms with Crippen molar-refractivity contribution in [3.8, 4) is 0 Å². The predicted octanol–water partition coefficient (Wildman–Crippen LogP) is 0.791. The molecule has 0 aromatic rings. The molecule has 0 unspecified atom stereocenters. The van der Waals surface area contributed by atoms with Crippen molar-refractivity contribution in [1.82, 2.24) is 53.3 Å². The summed E-state index contributed by atoms with van der Waals surface area (Å²) in [6.07, 6.45) is -6.41. The van der Waals surface area contributed by atoms with E-state index in [0.717, 1.165) is 94.4 Å². The molecule has 3 saturated heterocycles. The second kappa shape index (κ2) is 70.8. The van der Waals surface area contributed by atoms with Gasteiger partial charge < -0.3 is 133 Å². The van der Waals surface area contributed by atoms with Crippen LogP contribution in [0.2, 0.25) is 0 Å². The van der Waals surface area contributed by atoms with Crippen molar-refractivity contribution in [2.45, 2.75) is 347 Å². The van der Waals surface area contributed by atoms with Gasteiger partial charge in [0.25, 0.3) is 0 Å². The maximum Gasteiger partial charge on any atom is 0.303 e. The van der Waals surface area contributed by atoms with Gasteiger partial charge in [-0.2, -0.15) is 5.48 Å². The minimum Gasteiger partial charge on any atom is -0.481 e. The molecule has 0 aromatic heterocycles. The maximum atomic E-state index is 14.1. The van der Waals surface area contributed by atoms with Gasteiger partial charge in [0.1, 0.15) is 67.6 Å². The first-order valence-corrected chi connectivity index (χ1v) is 47.5. The zero-order valence-electron chi connectivity index (χ0n) is 82.5. The van der Waals surface area contributed by atoms with Crippen LogP contribution in [0.4, 0.5) is 0 Å². The second-order valence-corrected chi connectivity index (χ2v) is 33.8. The van der Waals surface area contributed by atoms with Crippen LogP contribution < -0.4 is 53.3 Å². The summed E-state index contributed by atoms with van der Waals surface area (Å²) in [6.45, 7) is 12.1. The average molecular weight is 2010 g/mol. The molecule has 796 valence electrons. The first kappa shape index (κ1) is 123. The molecule has 0 bridgehead atoms. The van der Waals surface area contributed by atoms with Gasteiger partial charge >= 0.3 is 59.7 Å². The maximum absolute atomic E-state index is 14.1. The van der Waals surface area contributed by atoms with Gasteiger partial charge in [0.15, 0.2) is 49.2 Å². The van der Waals surface area contributed by atoms with Crippen molar-refractivity contribution in [1.29, 1.82) is 0 Å². The van der Waals surface area contributed by atoms with Crippen LogP contribution in [0.25, 0.3) is 0 Å². The number of ketones is 1. The number of esters is 9. The molecule has 0 radical (unpaired) electrons. The third kappa shape index (κ3) is 56.0. The van der Waals surface area contributed by atoms with E-state index in [-0.39, 0.29) is 180 Å². The van der Waals surface area contributed by atoms with Crippen LogP contribution in [-0.2, 0) is 181 Å². The molecule has 11 N–H and O–H groups in total. The van der Waals surface area contributed by atoms with Gasteiger partial charge in [0.2, 0.25) is 59.5 Å². The highest BCUT2D eigenvalue weighted by Gasteiger charge is 2.55. The third-order valence-corrected chi connectivity index (χ3v) is 21.0. The quantitative estimate of drug-likeness (QED) is 0.0174. The number of hydroxylamine groups is 1. The van der Waals surface area contributed by atoms with Gasteiger partial charge in [0, 0.05) is 193 Å². The Labute approximate surface area is 814 Å². The Bertz CT molecular complexity index is 3570. The highest BCUT2D eigenvalue weighted by molar-refractivity contribution is 5.81. The highest BCUT2D eigenvalue weighted by atomic mass is 16.8. The normalized spacial score (nSPS) is 20.9. The number of nitrogens with one attached hydrogen (secondary N) is 10. The number of amides is 9. The lowest BCUT2D eigenvalue weighted by atomic mass is 9.96. The van der Waals surface area contributed by atoms with Crippen LogP contribution >= 0.6 is 0 Å². The molecule has 3 heterocycles. The summed E-state index contributed by atoms with van der Waals surface area (Å²) in [7, 11) is 0. The van der Waals surface area contributed by atoms with E-state index in [9.17, 15) is 95.9 Å². The molecule has 49 heteroatoms. The smallest absolute Gasteiger partial charge is 0.303 e. The molecule has 0 saturated carbocycles. The Morgan fingerprint density at radius 1 is 0.279 bits per heavy atom. The predicted molar refractivity (Wildman–Crippen MR) is 484 cm³/mol. The van der Waals surface area contributed by atoms with Crippen LogP contribution in [0.1, 0.15) is 250 Å². The first-order valence-electron chi connectivity index (χ1n) is 47.5. The molecule has 3 aliphatic heterocycles. The molecule has 49 nitrogen and oxygen atoms in total. The fourth-order valence-electron chi connectivity index (χ4n) is 14.8. The number of hydrogen-bond acceptors (Lipinski definition) is 39. The number of carbonyl (C=O) groups is 20. The van der Waals surface area contributed by atoms with Gasteiger partial charge in [-0.1, -0.05) is 38.5 Å². The van der Waals surface area contributed by atoms with Crippen molar-refractivity contribution < 1.29 is 186 Å². The number of aliphatic carboxylic acids is 1. The monoisotopic (exact) mass is 2000 g/mol. The first-order chi connectivity index (χ1) is 66.6. The average Bonchev–Trinajstić information content (AvgIpc) is 0.793. The Morgan fingerprint density at radius 3 is 0.921 bits per heavy atom. The lowest BCUT2D eigenvalue weighted by Gasteiger charge is -2.44. The number of carbonyl (C=O) groups excluding carboxylic acids is 19. The standard InChI is InChI=1S/C91H148N10O39/c1-56(102)98-79-85(134-65(10)111)82(131-62(7)108)69(50-128-59(4)105)137-88(79)126-45-25-22-31-72(115)93-40-28-42-95-75(118)37-48-124-54-91(101-77(120)33-19-17-15-13-14-16-18-20-35-78(121)122,53-123-47-36-68(114)30-21-24-39-92-74(117)34-27-44-97-140-90-81(100-58(3)104)87(136-67(12)113)84(133-64(9)110)71(139-90)52-130-61(6)107)55-125-49-38-76(119)96-43-29-41-94-73(116)32-23-26-46-127-89-80(99-57(2)103)86(135-66(11)112)83(132-63(8)109)70(138-89)51-129-60(5)106/h69-71,79-90,97H,13-55H2,1-12H3,(H,92,117)(H,93,115)(H,94,116)(H,95,118)(H,96,119)(H,98,102)(H,99,103)(H,100,104)(H,101,120)(H,121,122)/t69-,70-,71-,79-,80-,81-,82+,83+,84+,85-,86-,87-,88-,89-,90-/m1/s1. The van der Waals surface area contributed by atoms with Gasteiger partial charge in [-0.15, -0.1) is 0 Å². The van der Waals surface area contributed by atoms with Gasteiger partial charge in [-0.05, 0) is 70.6 Å². The molecule has 9 amide bonds. The molecule has 0 aromatic carbocycles. The minimum absolute atomic E-state index is 0.0161. The molecule has 3 aliphatic rings. The molecule has 0 aliphatic carbocycles.